The van der Waals surface area contributed by atoms with E-state index in [4.69, 9.17) is 17.3 Å². The summed E-state index contributed by atoms with van der Waals surface area (Å²) >= 11 is 5.76. The van der Waals surface area contributed by atoms with Crippen molar-refractivity contribution in [2.75, 3.05) is 0 Å². The zero-order chi connectivity index (χ0) is 13.3. The molecule has 0 spiro atoms. The van der Waals surface area contributed by atoms with E-state index in [9.17, 15) is 13.6 Å². The molecule has 0 aliphatic heterocycles. The number of carbonyl (C=O) groups excluding carboxylic acids is 1. The molecule has 0 aliphatic carbocycles. The van der Waals surface area contributed by atoms with Crippen LogP contribution in [0.3, 0.4) is 0 Å². The highest BCUT2D eigenvalue weighted by atomic mass is 35.5. The zero-order valence-corrected chi connectivity index (χ0v) is 9.84. The van der Waals surface area contributed by atoms with Crippen LogP contribution in [0.15, 0.2) is 36.4 Å². The molecule has 0 fully saturated rings. The fraction of sp³-hybridized carbons (Fsp3) is 0. The minimum Gasteiger partial charge on any atom is -0.366 e. The van der Waals surface area contributed by atoms with Gasteiger partial charge < -0.3 is 5.73 Å². The summed E-state index contributed by atoms with van der Waals surface area (Å²) in [5, 5.41) is 0.366. The summed E-state index contributed by atoms with van der Waals surface area (Å²) in [5.41, 5.74) is 4.82. The standard InChI is InChI=1S/C13H8ClF2NO/c14-9-3-1-2-7(4-9)12-10(15)5-8(13(17)18)6-11(12)16/h1-6H,(H2,17,18). The third kappa shape index (κ3) is 2.33. The van der Waals surface area contributed by atoms with Gasteiger partial charge in [-0.2, -0.15) is 0 Å². The lowest BCUT2D eigenvalue weighted by Crippen LogP contribution is -2.12. The average molecular weight is 268 g/mol. The number of carbonyl (C=O) groups is 1. The van der Waals surface area contributed by atoms with Crippen LogP contribution >= 0.6 is 11.6 Å². The van der Waals surface area contributed by atoms with Crippen LogP contribution in [0.1, 0.15) is 10.4 Å². The second-order valence-corrected chi connectivity index (χ2v) is 4.13. The number of nitrogens with two attached hydrogens (primary N) is 1. The number of amides is 1. The van der Waals surface area contributed by atoms with Gasteiger partial charge in [0.15, 0.2) is 0 Å². The van der Waals surface area contributed by atoms with E-state index in [1.54, 1.807) is 12.1 Å². The van der Waals surface area contributed by atoms with E-state index < -0.39 is 17.5 Å². The number of hydrogen-bond donors (Lipinski definition) is 1. The molecule has 0 heterocycles. The van der Waals surface area contributed by atoms with Crippen LogP contribution in [-0.4, -0.2) is 5.91 Å². The largest absolute Gasteiger partial charge is 0.366 e. The Morgan fingerprint density at radius 1 is 1.11 bits per heavy atom. The minimum absolute atomic E-state index is 0.212. The van der Waals surface area contributed by atoms with Crippen LogP contribution in [-0.2, 0) is 0 Å². The lowest BCUT2D eigenvalue weighted by Gasteiger charge is -2.07. The van der Waals surface area contributed by atoms with E-state index in [2.05, 4.69) is 0 Å². The Morgan fingerprint density at radius 2 is 1.72 bits per heavy atom. The molecule has 0 aliphatic rings. The lowest BCUT2D eigenvalue weighted by atomic mass is 10.0. The van der Waals surface area contributed by atoms with Crippen molar-refractivity contribution in [3.63, 3.8) is 0 Å². The van der Waals surface area contributed by atoms with Gasteiger partial charge in [-0.15, -0.1) is 0 Å². The maximum absolute atomic E-state index is 13.8. The Hall–Kier alpha value is -1.94. The molecule has 2 nitrogen and oxygen atoms in total. The van der Waals surface area contributed by atoms with E-state index in [1.165, 1.54) is 12.1 Å². The minimum atomic E-state index is -0.884. The molecule has 0 unspecified atom stereocenters. The zero-order valence-electron chi connectivity index (χ0n) is 9.08. The number of benzene rings is 2. The van der Waals surface area contributed by atoms with Crippen LogP contribution in [0, 0.1) is 11.6 Å². The van der Waals surface area contributed by atoms with Crippen LogP contribution in [0.25, 0.3) is 11.1 Å². The molecule has 2 aromatic carbocycles. The van der Waals surface area contributed by atoms with Gasteiger partial charge in [0.1, 0.15) is 11.6 Å². The van der Waals surface area contributed by atoms with Gasteiger partial charge >= 0.3 is 0 Å². The van der Waals surface area contributed by atoms with Crippen molar-refractivity contribution in [2.45, 2.75) is 0 Å². The van der Waals surface area contributed by atoms with Crippen molar-refractivity contribution < 1.29 is 13.6 Å². The van der Waals surface area contributed by atoms with E-state index in [1.807, 2.05) is 0 Å². The molecular formula is C13H8ClF2NO. The van der Waals surface area contributed by atoms with Crippen LogP contribution in [0.5, 0.6) is 0 Å². The Labute approximate surface area is 107 Å². The summed E-state index contributed by atoms with van der Waals surface area (Å²) in [7, 11) is 0. The SMILES string of the molecule is NC(=O)c1cc(F)c(-c2cccc(Cl)c2)c(F)c1. The number of halogens is 3. The normalized spacial score (nSPS) is 10.4. The van der Waals surface area contributed by atoms with Crippen molar-refractivity contribution in [1.82, 2.24) is 0 Å². The Morgan fingerprint density at radius 3 is 2.22 bits per heavy atom. The predicted molar refractivity (Wildman–Crippen MR) is 65.3 cm³/mol. The van der Waals surface area contributed by atoms with Crippen molar-refractivity contribution in [1.29, 1.82) is 0 Å². The first-order valence-electron chi connectivity index (χ1n) is 5.04. The number of primary amides is 1. The molecule has 2 rings (SSSR count). The van der Waals surface area contributed by atoms with Gasteiger partial charge in [-0.3, -0.25) is 4.79 Å². The molecule has 0 saturated carbocycles. The van der Waals surface area contributed by atoms with Gasteiger partial charge in [0.25, 0.3) is 0 Å². The highest BCUT2D eigenvalue weighted by Gasteiger charge is 2.15. The average Bonchev–Trinajstić information content (AvgIpc) is 2.27. The van der Waals surface area contributed by atoms with Gasteiger partial charge in [-0.25, -0.2) is 8.78 Å². The molecule has 18 heavy (non-hydrogen) atoms. The van der Waals surface area contributed by atoms with E-state index in [0.717, 1.165) is 12.1 Å². The summed E-state index contributed by atoms with van der Waals surface area (Å²) in [5.74, 6) is -2.59. The maximum Gasteiger partial charge on any atom is 0.248 e. The van der Waals surface area contributed by atoms with Crippen molar-refractivity contribution in [3.05, 3.63) is 58.6 Å². The molecule has 0 bridgehead atoms. The summed E-state index contributed by atoms with van der Waals surface area (Å²) in [6.07, 6.45) is 0. The van der Waals surface area contributed by atoms with Gasteiger partial charge in [-0.1, -0.05) is 23.7 Å². The number of rotatable bonds is 2. The first-order valence-corrected chi connectivity index (χ1v) is 5.41. The highest BCUT2D eigenvalue weighted by Crippen LogP contribution is 2.28. The third-order valence-corrected chi connectivity index (χ3v) is 2.68. The molecule has 2 N–H and O–H groups in total. The maximum atomic E-state index is 13.8. The first kappa shape index (κ1) is 12.5. The topological polar surface area (TPSA) is 43.1 Å². The predicted octanol–water partition coefficient (Wildman–Crippen LogP) is 3.38. The molecule has 0 saturated heterocycles. The fourth-order valence-electron chi connectivity index (χ4n) is 1.64. The summed E-state index contributed by atoms with van der Waals surface area (Å²) in [6, 6.07) is 7.95. The molecule has 0 aromatic heterocycles. The van der Waals surface area contributed by atoms with Crippen molar-refractivity contribution in [2.24, 2.45) is 5.73 Å². The molecule has 1 amide bonds. The van der Waals surface area contributed by atoms with Crippen LogP contribution < -0.4 is 5.73 Å². The van der Waals surface area contributed by atoms with Crippen molar-refractivity contribution >= 4 is 17.5 Å². The van der Waals surface area contributed by atoms with Crippen LogP contribution in [0.2, 0.25) is 5.02 Å². The second kappa shape index (κ2) is 4.74. The lowest BCUT2D eigenvalue weighted by molar-refractivity contribution is 0.0999. The smallest absolute Gasteiger partial charge is 0.248 e. The highest BCUT2D eigenvalue weighted by molar-refractivity contribution is 6.30. The molecule has 0 radical (unpaired) electrons. The molecular weight excluding hydrogens is 260 g/mol. The Balaban J connectivity index is 2.62. The molecule has 92 valence electrons. The summed E-state index contributed by atoms with van der Waals surface area (Å²) in [4.78, 5) is 10.9. The summed E-state index contributed by atoms with van der Waals surface area (Å²) < 4.78 is 27.6. The molecule has 2 aromatic rings. The quantitative estimate of drug-likeness (QED) is 0.890. The van der Waals surface area contributed by atoms with Gasteiger partial charge in [-0.05, 0) is 29.8 Å². The fourth-order valence-corrected chi connectivity index (χ4v) is 1.83. The molecule has 5 heteroatoms. The Kier molecular flexibility index (Phi) is 3.30. The van der Waals surface area contributed by atoms with Crippen LogP contribution in [0.4, 0.5) is 8.78 Å². The monoisotopic (exact) mass is 267 g/mol. The van der Waals surface area contributed by atoms with Gasteiger partial charge in [0, 0.05) is 10.6 Å². The Bertz CT molecular complexity index is 605. The first-order chi connectivity index (χ1) is 8.49. The van der Waals surface area contributed by atoms with Gasteiger partial charge in [0.05, 0.1) is 5.56 Å². The van der Waals surface area contributed by atoms with Crippen molar-refractivity contribution in [3.8, 4) is 11.1 Å². The van der Waals surface area contributed by atoms with E-state index >= 15 is 0 Å². The van der Waals surface area contributed by atoms with Gasteiger partial charge in [0.2, 0.25) is 5.91 Å². The summed E-state index contributed by atoms with van der Waals surface area (Å²) in [6.45, 7) is 0. The van der Waals surface area contributed by atoms with E-state index in [-0.39, 0.29) is 11.1 Å². The number of hydrogen-bond acceptors (Lipinski definition) is 1. The third-order valence-electron chi connectivity index (χ3n) is 2.44. The van der Waals surface area contributed by atoms with E-state index in [0.29, 0.717) is 10.6 Å². The molecule has 0 atom stereocenters. The second-order valence-electron chi connectivity index (χ2n) is 3.69.